The molecule has 0 spiro atoms. The van der Waals surface area contributed by atoms with Crippen LogP contribution in [0.5, 0.6) is 0 Å². The molecule has 20 heavy (non-hydrogen) atoms. The fourth-order valence-corrected chi connectivity index (χ4v) is 2.88. The number of nitrogens with zero attached hydrogens (tertiary/aromatic N) is 1. The van der Waals surface area contributed by atoms with Gasteiger partial charge in [0.25, 0.3) is 5.91 Å². The molecule has 1 saturated heterocycles. The molecule has 2 atom stereocenters. The fraction of sp³-hybridized carbons (Fsp3) is 0.467. The van der Waals surface area contributed by atoms with E-state index in [1.165, 1.54) is 0 Å². The van der Waals surface area contributed by atoms with E-state index in [4.69, 9.17) is 11.6 Å². The third-order valence-corrected chi connectivity index (χ3v) is 4.25. The minimum absolute atomic E-state index is 0.00118. The van der Waals surface area contributed by atoms with Crippen molar-refractivity contribution in [3.05, 3.63) is 29.3 Å². The van der Waals surface area contributed by atoms with E-state index in [-0.39, 0.29) is 17.9 Å². The highest BCUT2D eigenvalue weighted by Gasteiger charge is 2.46. The summed E-state index contributed by atoms with van der Waals surface area (Å²) in [6, 6.07) is 6.29. The van der Waals surface area contributed by atoms with Crippen molar-refractivity contribution in [3.63, 3.8) is 0 Å². The second-order valence-corrected chi connectivity index (χ2v) is 5.87. The van der Waals surface area contributed by atoms with Gasteiger partial charge < -0.3 is 5.32 Å². The molecular weight excluding hydrogens is 276 g/mol. The molecule has 1 saturated carbocycles. The average molecular weight is 293 g/mol. The maximum absolute atomic E-state index is 12.7. The first-order valence-corrected chi connectivity index (χ1v) is 7.38. The van der Waals surface area contributed by atoms with Crippen molar-refractivity contribution in [1.82, 2.24) is 5.32 Å². The molecule has 5 heteroatoms. The number of nitrogens with one attached hydrogen (secondary N) is 1. The van der Waals surface area contributed by atoms with Crippen LogP contribution in [0, 0.1) is 5.92 Å². The van der Waals surface area contributed by atoms with Gasteiger partial charge in [0.05, 0.1) is 0 Å². The van der Waals surface area contributed by atoms with Gasteiger partial charge in [-0.2, -0.15) is 0 Å². The third kappa shape index (κ3) is 2.29. The van der Waals surface area contributed by atoms with Crippen molar-refractivity contribution in [2.24, 2.45) is 5.92 Å². The maximum atomic E-state index is 12.7. The van der Waals surface area contributed by atoms with E-state index in [0.717, 1.165) is 18.5 Å². The minimum Gasteiger partial charge on any atom is -0.342 e. The van der Waals surface area contributed by atoms with Crippen molar-refractivity contribution >= 4 is 29.1 Å². The lowest BCUT2D eigenvalue weighted by molar-refractivity contribution is -0.134. The molecule has 0 radical (unpaired) electrons. The van der Waals surface area contributed by atoms with Crippen LogP contribution >= 0.6 is 11.6 Å². The van der Waals surface area contributed by atoms with Gasteiger partial charge in [0.15, 0.2) is 0 Å². The maximum Gasteiger partial charge on any atom is 0.250 e. The number of piperazine rings is 1. The van der Waals surface area contributed by atoms with Crippen LogP contribution in [0.1, 0.15) is 26.2 Å². The molecule has 1 aliphatic heterocycles. The molecule has 4 nitrogen and oxygen atoms in total. The van der Waals surface area contributed by atoms with Crippen LogP contribution in [-0.2, 0) is 9.59 Å². The van der Waals surface area contributed by atoms with E-state index in [9.17, 15) is 9.59 Å². The summed E-state index contributed by atoms with van der Waals surface area (Å²) >= 11 is 5.89. The van der Waals surface area contributed by atoms with E-state index in [1.807, 2.05) is 6.92 Å². The highest BCUT2D eigenvalue weighted by molar-refractivity contribution is 6.30. The molecule has 0 aromatic heterocycles. The lowest BCUT2D eigenvalue weighted by atomic mass is 10.0. The quantitative estimate of drug-likeness (QED) is 0.930. The molecule has 2 aliphatic rings. The molecule has 1 aromatic rings. The number of benzene rings is 1. The summed E-state index contributed by atoms with van der Waals surface area (Å²) < 4.78 is 0. The van der Waals surface area contributed by atoms with E-state index in [2.05, 4.69) is 5.32 Å². The van der Waals surface area contributed by atoms with Crippen LogP contribution in [0.3, 0.4) is 0 Å². The highest BCUT2D eigenvalue weighted by atomic mass is 35.5. The van der Waals surface area contributed by atoms with E-state index < -0.39 is 6.04 Å². The molecule has 3 rings (SSSR count). The zero-order chi connectivity index (χ0) is 14.3. The Balaban J connectivity index is 1.95. The second-order valence-electron chi connectivity index (χ2n) is 5.43. The van der Waals surface area contributed by atoms with E-state index >= 15 is 0 Å². The topological polar surface area (TPSA) is 49.4 Å². The SMILES string of the molecule is CCC1C(=O)NC(C2CC2)C(=O)N1c1ccc(Cl)cc1. The molecule has 1 aromatic carbocycles. The van der Waals surface area contributed by atoms with Gasteiger partial charge in [-0.15, -0.1) is 0 Å². The number of rotatable bonds is 3. The fourth-order valence-electron chi connectivity index (χ4n) is 2.76. The monoisotopic (exact) mass is 292 g/mol. The number of carbonyl (C=O) groups excluding carboxylic acids is 2. The highest BCUT2D eigenvalue weighted by Crippen LogP contribution is 2.36. The summed E-state index contributed by atoms with van der Waals surface area (Å²) in [6.07, 6.45) is 2.63. The number of hydrogen-bond acceptors (Lipinski definition) is 2. The van der Waals surface area contributed by atoms with Gasteiger partial charge in [0.2, 0.25) is 5.91 Å². The molecule has 2 unspecified atom stereocenters. The van der Waals surface area contributed by atoms with Crippen molar-refractivity contribution in [2.75, 3.05) is 4.90 Å². The molecule has 1 heterocycles. The summed E-state index contributed by atoms with van der Waals surface area (Å²) in [5.41, 5.74) is 0.742. The Morgan fingerprint density at radius 3 is 2.45 bits per heavy atom. The zero-order valence-corrected chi connectivity index (χ0v) is 12.1. The predicted octanol–water partition coefficient (Wildman–Crippen LogP) is 2.36. The van der Waals surface area contributed by atoms with Crippen molar-refractivity contribution in [1.29, 1.82) is 0 Å². The van der Waals surface area contributed by atoms with Gasteiger partial charge >= 0.3 is 0 Å². The first-order chi connectivity index (χ1) is 9.61. The van der Waals surface area contributed by atoms with Crippen molar-refractivity contribution < 1.29 is 9.59 Å². The Morgan fingerprint density at radius 1 is 1.25 bits per heavy atom. The number of hydrogen-bond donors (Lipinski definition) is 1. The number of halogens is 1. The summed E-state index contributed by atoms with van der Waals surface area (Å²) in [5, 5.41) is 3.50. The normalized spacial score (nSPS) is 26.6. The Hall–Kier alpha value is -1.55. The Kier molecular flexibility index (Phi) is 3.42. The van der Waals surface area contributed by atoms with Gasteiger partial charge in [-0.1, -0.05) is 18.5 Å². The van der Waals surface area contributed by atoms with Crippen molar-refractivity contribution in [2.45, 2.75) is 38.3 Å². The van der Waals surface area contributed by atoms with E-state index in [0.29, 0.717) is 17.4 Å². The molecule has 1 aliphatic carbocycles. The van der Waals surface area contributed by atoms with Crippen LogP contribution in [0.25, 0.3) is 0 Å². The largest absolute Gasteiger partial charge is 0.342 e. The zero-order valence-electron chi connectivity index (χ0n) is 11.3. The van der Waals surface area contributed by atoms with Crippen LogP contribution in [0.4, 0.5) is 5.69 Å². The summed E-state index contributed by atoms with van der Waals surface area (Å²) in [7, 11) is 0. The first kappa shape index (κ1) is 13.4. The number of anilines is 1. The average Bonchev–Trinajstić information content (AvgIpc) is 3.26. The summed E-state index contributed by atoms with van der Waals surface area (Å²) in [6.45, 7) is 1.91. The van der Waals surface area contributed by atoms with Crippen LogP contribution < -0.4 is 10.2 Å². The summed E-state index contributed by atoms with van der Waals surface area (Å²) in [5.74, 6) is 0.249. The molecule has 0 bridgehead atoms. The van der Waals surface area contributed by atoms with Crippen LogP contribution in [0.2, 0.25) is 5.02 Å². The second kappa shape index (κ2) is 5.09. The minimum atomic E-state index is -0.432. The third-order valence-electron chi connectivity index (χ3n) is 4.00. The smallest absolute Gasteiger partial charge is 0.250 e. The van der Waals surface area contributed by atoms with Gasteiger partial charge in [-0.25, -0.2) is 0 Å². The first-order valence-electron chi connectivity index (χ1n) is 7.01. The molecule has 1 N–H and O–H groups in total. The number of amides is 2. The molecule has 106 valence electrons. The molecular formula is C15H17ClN2O2. The van der Waals surface area contributed by atoms with Gasteiger partial charge in [-0.3, -0.25) is 14.5 Å². The number of carbonyl (C=O) groups is 2. The Bertz CT molecular complexity index is 539. The van der Waals surface area contributed by atoms with Crippen LogP contribution in [0.15, 0.2) is 24.3 Å². The Morgan fingerprint density at radius 2 is 1.90 bits per heavy atom. The van der Waals surface area contributed by atoms with E-state index in [1.54, 1.807) is 29.2 Å². The molecule has 2 fully saturated rings. The predicted molar refractivity (Wildman–Crippen MR) is 77.7 cm³/mol. The van der Waals surface area contributed by atoms with Crippen LogP contribution in [-0.4, -0.2) is 23.9 Å². The van der Waals surface area contributed by atoms with Gasteiger partial charge in [0.1, 0.15) is 12.1 Å². The van der Waals surface area contributed by atoms with Gasteiger partial charge in [-0.05, 0) is 49.4 Å². The Labute approximate surface area is 123 Å². The lowest BCUT2D eigenvalue weighted by Gasteiger charge is -2.38. The van der Waals surface area contributed by atoms with Crippen molar-refractivity contribution in [3.8, 4) is 0 Å². The van der Waals surface area contributed by atoms with Gasteiger partial charge in [0, 0.05) is 10.7 Å². The standard InChI is InChI=1S/C15H17ClN2O2/c1-2-12-14(19)17-13(9-3-4-9)15(20)18(12)11-7-5-10(16)6-8-11/h5-9,12-13H,2-4H2,1H3,(H,17,19). The lowest BCUT2D eigenvalue weighted by Crippen LogP contribution is -2.64. The molecule has 2 amide bonds. The summed E-state index contributed by atoms with van der Waals surface area (Å²) in [4.78, 5) is 26.6.